The van der Waals surface area contributed by atoms with Crippen molar-refractivity contribution in [3.8, 4) is 0 Å². The molecular weight excluding hydrogens is 463 g/mol. The molecule has 0 aliphatic carbocycles. The van der Waals surface area contributed by atoms with Gasteiger partial charge >= 0.3 is 0 Å². The molecule has 2 aromatic rings. The SMILES string of the molecule is CN1CCN(c2cc(CN=C(NCc3ccccc3)N(C)C)ccn2)CC1.I. The number of benzene rings is 1. The second kappa shape index (κ2) is 11.2. The van der Waals surface area contributed by atoms with E-state index in [1.54, 1.807) is 0 Å². The number of hydrogen-bond acceptors (Lipinski definition) is 4. The van der Waals surface area contributed by atoms with Gasteiger partial charge in [0.1, 0.15) is 5.82 Å². The molecule has 0 atom stereocenters. The van der Waals surface area contributed by atoms with Gasteiger partial charge < -0.3 is 20.0 Å². The van der Waals surface area contributed by atoms with Crippen LogP contribution in [-0.4, -0.2) is 68.1 Å². The minimum Gasteiger partial charge on any atom is -0.354 e. The molecule has 1 aliphatic rings. The Labute approximate surface area is 185 Å². The summed E-state index contributed by atoms with van der Waals surface area (Å²) in [7, 11) is 6.19. The van der Waals surface area contributed by atoms with Crippen LogP contribution in [-0.2, 0) is 13.1 Å². The largest absolute Gasteiger partial charge is 0.354 e. The van der Waals surface area contributed by atoms with Crippen LogP contribution in [0.1, 0.15) is 11.1 Å². The highest BCUT2D eigenvalue weighted by atomic mass is 127. The fourth-order valence-corrected chi connectivity index (χ4v) is 3.07. The van der Waals surface area contributed by atoms with Gasteiger partial charge in [0.05, 0.1) is 6.54 Å². The third-order valence-corrected chi connectivity index (χ3v) is 4.77. The molecule has 6 nitrogen and oxygen atoms in total. The van der Waals surface area contributed by atoms with Crippen molar-refractivity contribution in [1.82, 2.24) is 20.1 Å². The Kier molecular flexibility index (Phi) is 8.98. The fourth-order valence-electron chi connectivity index (χ4n) is 3.07. The summed E-state index contributed by atoms with van der Waals surface area (Å²) in [5.41, 5.74) is 2.42. The number of likely N-dealkylation sites (N-methyl/N-ethyl adjacent to an activating group) is 1. The molecule has 28 heavy (non-hydrogen) atoms. The number of rotatable bonds is 5. The van der Waals surface area contributed by atoms with Crippen LogP contribution in [0.15, 0.2) is 53.7 Å². The molecule has 0 amide bonds. The number of halogens is 1. The molecule has 1 aromatic heterocycles. The second-order valence-corrected chi connectivity index (χ2v) is 7.19. The minimum atomic E-state index is 0. The molecule has 3 rings (SSSR count). The van der Waals surface area contributed by atoms with Crippen LogP contribution in [0, 0.1) is 0 Å². The summed E-state index contributed by atoms with van der Waals surface area (Å²) in [6.07, 6.45) is 1.89. The number of nitrogens with zero attached hydrogens (tertiary/aromatic N) is 5. The van der Waals surface area contributed by atoms with E-state index >= 15 is 0 Å². The number of guanidine groups is 1. The number of aliphatic imine (C=N–C) groups is 1. The van der Waals surface area contributed by atoms with Gasteiger partial charge in [0.2, 0.25) is 0 Å². The van der Waals surface area contributed by atoms with Gasteiger partial charge in [-0.25, -0.2) is 9.98 Å². The van der Waals surface area contributed by atoms with Gasteiger partial charge in [-0.2, -0.15) is 0 Å². The Hall–Kier alpha value is -1.87. The third-order valence-electron chi connectivity index (χ3n) is 4.77. The lowest BCUT2D eigenvalue weighted by atomic mass is 10.2. The molecule has 1 aliphatic heterocycles. The predicted octanol–water partition coefficient (Wildman–Crippen LogP) is 2.66. The number of nitrogens with one attached hydrogen (secondary N) is 1. The third kappa shape index (κ3) is 6.63. The van der Waals surface area contributed by atoms with E-state index in [0.717, 1.165) is 44.5 Å². The van der Waals surface area contributed by atoms with Gasteiger partial charge in [0, 0.05) is 53.0 Å². The Balaban J connectivity index is 0.00000280. The lowest BCUT2D eigenvalue weighted by molar-refractivity contribution is 0.312. The van der Waals surface area contributed by atoms with Crippen molar-refractivity contribution in [2.45, 2.75) is 13.1 Å². The van der Waals surface area contributed by atoms with Gasteiger partial charge in [-0.3, -0.25) is 0 Å². The monoisotopic (exact) mass is 494 g/mol. The van der Waals surface area contributed by atoms with Crippen LogP contribution < -0.4 is 10.2 Å². The molecule has 0 radical (unpaired) electrons. The highest BCUT2D eigenvalue weighted by molar-refractivity contribution is 14.0. The summed E-state index contributed by atoms with van der Waals surface area (Å²) in [6.45, 7) is 5.62. The molecule has 152 valence electrons. The first kappa shape index (κ1) is 22.4. The summed E-state index contributed by atoms with van der Waals surface area (Å²) in [6, 6.07) is 14.6. The van der Waals surface area contributed by atoms with E-state index in [9.17, 15) is 0 Å². The van der Waals surface area contributed by atoms with E-state index in [1.807, 2.05) is 37.3 Å². The molecule has 1 fully saturated rings. The van der Waals surface area contributed by atoms with Crippen molar-refractivity contribution in [2.75, 3.05) is 52.2 Å². The zero-order valence-corrected chi connectivity index (χ0v) is 19.3. The topological polar surface area (TPSA) is 47.0 Å². The second-order valence-electron chi connectivity index (χ2n) is 7.19. The van der Waals surface area contributed by atoms with Gasteiger partial charge in [-0.05, 0) is 30.3 Å². The Morgan fingerprint density at radius 3 is 2.46 bits per heavy atom. The standard InChI is InChI=1S/C21H30N6.HI/c1-25(2)21(23-16-18-7-5-4-6-8-18)24-17-19-9-10-22-20(15-19)27-13-11-26(3)12-14-27;/h4-10,15H,11-14,16-17H2,1-3H3,(H,23,24);1H. The first-order valence-corrected chi connectivity index (χ1v) is 9.50. The van der Waals surface area contributed by atoms with E-state index in [-0.39, 0.29) is 24.0 Å². The number of anilines is 1. The molecule has 0 spiro atoms. The molecule has 1 aromatic carbocycles. The zero-order chi connectivity index (χ0) is 19.1. The lowest BCUT2D eigenvalue weighted by Crippen LogP contribution is -2.44. The molecule has 1 saturated heterocycles. The van der Waals surface area contributed by atoms with E-state index in [2.05, 4.69) is 57.5 Å². The first-order chi connectivity index (χ1) is 13.1. The van der Waals surface area contributed by atoms with Gasteiger partial charge in [0.25, 0.3) is 0 Å². The van der Waals surface area contributed by atoms with E-state index in [4.69, 9.17) is 4.99 Å². The van der Waals surface area contributed by atoms with Crippen LogP contribution in [0.4, 0.5) is 5.82 Å². The predicted molar refractivity (Wildman–Crippen MR) is 127 cm³/mol. The van der Waals surface area contributed by atoms with E-state index in [1.165, 1.54) is 11.1 Å². The maximum Gasteiger partial charge on any atom is 0.194 e. The van der Waals surface area contributed by atoms with Gasteiger partial charge in [0.15, 0.2) is 5.96 Å². The van der Waals surface area contributed by atoms with Gasteiger partial charge in [-0.15, -0.1) is 24.0 Å². The van der Waals surface area contributed by atoms with Crippen molar-refractivity contribution in [3.05, 3.63) is 59.8 Å². The van der Waals surface area contributed by atoms with Crippen molar-refractivity contribution in [2.24, 2.45) is 4.99 Å². The fraction of sp³-hybridized carbons (Fsp3) is 0.429. The highest BCUT2D eigenvalue weighted by Crippen LogP contribution is 2.15. The number of aromatic nitrogens is 1. The maximum atomic E-state index is 4.78. The highest BCUT2D eigenvalue weighted by Gasteiger charge is 2.15. The van der Waals surface area contributed by atoms with Crippen LogP contribution in [0.2, 0.25) is 0 Å². The van der Waals surface area contributed by atoms with Crippen molar-refractivity contribution in [1.29, 1.82) is 0 Å². The normalized spacial score (nSPS) is 15.1. The molecule has 0 saturated carbocycles. The minimum absolute atomic E-state index is 0. The summed E-state index contributed by atoms with van der Waals surface area (Å²) in [5.74, 6) is 1.94. The summed E-state index contributed by atoms with van der Waals surface area (Å²) >= 11 is 0. The Morgan fingerprint density at radius 2 is 1.79 bits per heavy atom. The van der Waals surface area contributed by atoms with Crippen molar-refractivity contribution in [3.63, 3.8) is 0 Å². The molecule has 2 heterocycles. The number of piperazine rings is 1. The van der Waals surface area contributed by atoms with Crippen LogP contribution in [0.5, 0.6) is 0 Å². The molecule has 0 bridgehead atoms. The molecular formula is C21H31IN6. The zero-order valence-electron chi connectivity index (χ0n) is 17.0. The van der Waals surface area contributed by atoms with Gasteiger partial charge in [-0.1, -0.05) is 30.3 Å². The van der Waals surface area contributed by atoms with Crippen LogP contribution in [0.3, 0.4) is 0 Å². The quantitative estimate of drug-likeness (QED) is 0.394. The van der Waals surface area contributed by atoms with Crippen LogP contribution in [0.25, 0.3) is 0 Å². The number of hydrogen-bond donors (Lipinski definition) is 1. The van der Waals surface area contributed by atoms with E-state index < -0.39 is 0 Å². The number of pyridine rings is 1. The van der Waals surface area contributed by atoms with Crippen molar-refractivity contribution >= 4 is 35.8 Å². The van der Waals surface area contributed by atoms with E-state index in [0.29, 0.717) is 6.54 Å². The summed E-state index contributed by atoms with van der Waals surface area (Å²) < 4.78 is 0. The lowest BCUT2D eigenvalue weighted by Gasteiger charge is -2.33. The molecule has 1 N–H and O–H groups in total. The smallest absolute Gasteiger partial charge is 0.194 e. The average Bonchev–Trinajstić information content (AvgIpc) is 2.69. The van der Waals surface area contributed by atoms with Crippen LogP contribution >= 0.6 is 24.0 Å². The Bertz CT molecular complexity index is 742. The molecule has 0 unspecified atom stereocenters. The summed E-state index contributed by atoms with van der Waals surface area (Å²) in [4.78, 5) is 16.1. The molecule has 7 heteroatoms. The Morgan fingerprint density at radius 1 is 1.07 bits per heavy atom. The summed E-state index contributed by atoms with van der Waals surface area (Å²) in [5, 5.41) is 3.43. The first-order valence-electron chi connectivity index (χ1n) is 9.50. The average molecular weight is 494 g/mol. The van der Waals surface area contributed by atoms with Crippen molar-refractivity contribution < 1.29 is 0 Å². The maximum absolute atomic E-state index is 4.78.